The highest BCUT2D eigenvalue weighted by molar-refractivity contribution is 5.90. The summed E-state index contributed by atoms with van der Waals surface area (Å²) in [6.45, 7) is 0.345. The molecule has 2 N–H and O–H groups in total. The van der Waals surface area contributed by atoms with E-state index in [2.05, 4.69) is 20.0 Å². The minimum Gasteiger partial charge on any atom is -0.349 e. The summed E-state index contributed by atoms with van der Waals surface area (Å²) in [5.41, 5.74) is 0.369. The molecule has 0 radical (unpaired) electrons. The van der Waals surface area contributed by atoms with Crippen molar-refractivity contribution in [3.8, 4) is 0 Å². The topological polar surface area (TPSA) is 88.0 Å². The molecule has 0 aliphatic heterocycles. The molecule has 8 heteroatoms. The zero-order chi connectivity index (χ0) is 16.9. The molecule has 24 heavy (non-hydrogen) atoms. The summed E-state index contributed by atoms with van der Waals surface area (Å²) in [5.74, 6) is -2.70. The van der Waals surface area contributed by atoms with Gasteiger partial charge in [0.1, 0.15) is 11.6 Å². The first-order valence-corrected chi connectivity index (χ1v) is 7.71. The number of benzene rings is 1. The number of rotatable bonds is 5. The molecule has 1 aromatic heterocycles. The summed E-state index contributed by atoms with van der Waals surface area (Å²) in [6.07, 6.45) is 3.43. The molecular weight excluding hydrogens is 320 g/mol. The first kappa shape index (κ1) is 15.0. The van der Waals surface area contributed by atoms with Gasteiger partial charge < -0.3 is 5.32 Å². The molecule has 1 spiro atoms. The summed E-state index contributed by atoms with van der Waals surface area (Å²) in [6, 6.07) is 3.58. The number of nitrogens with one attached hydrogen (secondary N) is 2. The van der Waals surface area contributed by atoms with E-state index >= 15 is 0 Å². The third-order valence-electron chi connectivity index (χ3n) is 5.32. The van der Waals surface area contributed by atoms with E-state index in [4.69, 9.17) is 0 Å². The normalized spacial score (nSPS) is 23.2. The first-order chi connectivity index (χ1) is 11.4. The Balaban J connectivity index is 1.48. The van der Waals surface area contributed by atoms with E-state index in [1.807, 2.05) is 0 Å². The molecule has 2 aliphatic carbocycles. The van der Waals surface area contributed by atoms with Crippen LogP contribution in [0.2, 0.25) is 0 Å². The Morgan fingerprint density at radius 2 is 2.17 bits per heavy atom. The lowest BCUT2D eigenvalue weighted by Gasteiger charge is -2.18. The number of carbonyl (C=O) groups is 1. The van der Waals surface area contributed by atoms with Gasteiger partial charge in [0.15, 0.2) is 0 Å². The fourth-order valence-electron chi connectivity index (χ4n) is 3.71. The van der Waals surface area contributed by atoms with E-state index in [-0.39, 0.29) is 16.7 Å². The van der Waals surface area contributed by atoms with Crippen molar-refractivity contribution in [1.29, 1.82) is 0 Å². The van der Waals surface area contributed by atoms with Gasteiger partial charge in [0, 0.05) is 12.6 Å². The van der Waals surface area contributed by atoms with Crippen molar-refractivity contribution < 1.29 is 18.1 Å². The average molecular weight is 335 g/mol. The lowest BCUT2D eigenvalue weighted by Crippen LogP contribution is -2.33. The number of aromatic amines is 1. The average Bonchev–Trinajstić information content (AvgIpc) is 3.39. The van der Waals surface area contributed by atoms with E-state index in [0.717, 1.165) is 25.3 Å². The zero-order valence-electron chi connectivity index (χ0n) is 12.7. The lowest BCUT2D eigenvalue weighted by molar-refractivity contribution is 0.0929. The van der Waals surface area contributed by atoms with E-state index in [1.54, 1.807) is 0 Å². The van der Waals surface area contributed by atoms with Crippen LogP contribution in [0.4, 0.5) is 8.78 Å². The van der Waals surface area contributed by atoms with Crippen LogP contribution >= 0.6 is 0 Å². The van der Waals surface area contributed by atoms with Crippen LogP contribution in [-0.4, -0.2) is 22.6 Å². The van der Waals surface area contributed by atoms with Gasteiger partial charge in [0.25, 0.3) is 5.91 Å². The van der Waals surface area contributed by atoms with Crippen molar-refractivity contribution in [2.45, 2.75) is 25.7 Å². The molecule has 2 fully saturated rings. The van der Waals surface area contributed by atoms with Gasteiger partial charge in [-0.1, -0.05) is 6.07 Å². The molecule has 1 aromatic carbocycles. The minimum atomic E-state index is -0.798. The lowest BCUT2D eigenvalue weighted by atomic mass is 9.92. The van der Waals surface area contributed by atoms with Gasteiger partial charge in [-0.15, -0.1) is 0 Å². The van der Waals surface area contributed by atoms with Gasteiger partial charge in [-0.2, -0.15) is 0 Å². The predicted molar refractivity (Wildman–Crippen MR) is 78.2 cm³/mol. The summed E-state index contributed by atoms with van der Waals surface area (Å²) >= 11 is 0. The third-order valence-corrected chi connectivity index (χ3v) is 5.32. The summed E-state index contributed by atoms with van der Waals surface area (Å²) in [4.78, 5) is 25.1. The second-order valence-electron chi connectivity index (χ2n) is 6.78. The molecule has 0 unspecified atom stereocenters. The van der Waals surface area contributed by atoms with Crippen molar-refractivity contribution in [2.75, 3.05) is 6.54 Å². The van der Waals surface area contributed by atoms with Crippen molar-refractivity contribution >= 4 is 5.91 Å². The maximum atomic E-state index is 14.0. The quantitative estimate of drug-likeness (QED) is 0.872. The predicted octanol–water partition coefficient (Wildman–Crippen LogP) is 1.78. The van der Waals surface area contributed by atoms with Crippen LogP contribution in [0.25, 0.3) is 0 Å². The highest BCUT2D eigenvalue weighted by Crippen LogP contribution is 2.79. The molecule has 2 aliphatic rings. The molecule has 1 amide bonds. The Morgan fingerprint density at radius 3 is 2.75 bits per heavy atom. The van der Waals surface area contributed by atoms with Crippen molar-refractivity contribution in [2.24, 2.45) is 10.8 Å². The Bertz CT molecular complexity index is 871. The van der Waals surface area contributed by atoms with Crippen LogP contribution in [0.5, 0.6) is 0 Å². The number of hydrogen-bond acceptors (Lipinski definition) is 4. The van der Waals surface area contributed by atoms with Gasteiger partial charge in [-0.25, -0.2) is 13.6 Å². The second-order valence-corrected chi connectivity index (χ2v) is 6.78. The number of hydrogen-bond donors (Lipinski definition) is 2. The van der Waals surface area contributed by atoms with Gasteiger partial charge in [-0.3, -0.25) is 14.3 Å². The van der Waals surface area contributed by atoms with Gasteiger partial charge in [-0.05, 0) is 53.3 Å². The molecule has 4 rings (SSSR count). The van der Waals surface area contributed by atoms with E-state index in [0.29, 0.717) is 18.5 Å². The van der Waals surface area contributed by atoms with Crippen LogP contribution in [0.1, 0.15) is 35.4 Å². The van der Waals surface area contributed by atoms with Crippen LogP contribution in [-0.2, 0) is 6.42 Å². The van der Waals surface area contributed by atoms with Crippen LogP contribution in [0.15, 0.2) is 27.5 Å². The number of amides is 1. The SMILES string of the molecule is O=C(NC[C@]1(Cc2ccc(F)cc2F)CC12CC2)c1noc(=O)[nH]1. The molecule has 2 saturated carbocycles. The molecular formula is C16H15F2N3O3. The largest absolute Gasteiger partial charge is 0.439 e. The van der Waals surface area contributed by atoms with Crippen molar-refractivity contribution in [3.05, 3.63) is 51.8 Å². The Labute approximate surface area is 135 Å². The number of aromatic nitrogens is 2. The Kier molecular flexibility index (Phi) is 3.13. The van der Waals surface area contributed by atoms with Gasteiger partial charge in [0.05, 0.1) is 0 Å². The van der Waals surface area contributed by atoms with Gasteiger partial charge in [0.2, 0.25) is 5.82 Å². The second kappa shape index (κ2) is 4.99. The Hall–Kier alpha value is -2.51. The molecule has 126 valence electrons. The van der Waals surface area contributed by atoms with Crippen LogP contribution in [0, 0.1) is 22.5 Å². The standard InChI is InChI=1S/C16H15F2N3O3/c17-10-2-1-9(11(18)5-10)6-16(7-15(16)3-4-15)8-19-13(22)12-20-14(23)24-21-12/h1-2,5H,3-4,6-8H2,(H,19,22)(H,20,21,23)/t16-/m0/s1. The molecule has 0 saturated heterocycles. The number of halogens is 2. The molecule has 1 heterocycles. The molecule has 0 bridgehead atoms. The monoisotopic (exact) mass is 335 g/mol. The highest BCUT2D eigenvalue weighted by atomic mass is 19.1. The first-order valence-electron chi connectivity index (χ1n) is 7.71. The molecule has 6 nitrogen and oxygen atoms in total. The zero-order valence-corrected chi connectivity index (χ0v) is 12.7. The summed E-state index contributed by atoms with van der Waals surface area (Å²) in [5, 5.41) is 6.07. The fourth-order valence-corrected chi connectivity index (χ4v) is 3.71. The van der Waals surface area contributed by atoms with Crippen molar-refractivity contribution in [1.82, 2.24) is 15.5 Å². The number of nitrogens with zero attached hydrogens (tertiary/aromatic N) is 1. The van der Waals surface area contributed by atoms with E-state index < -0.39 is 23.3 Å². The maximum absolute atomic E-state index is 14.0. The van der Waals surface area contributed by atoms with Crippen LogP contribution < -0.4 is 11.1 Å². The highest BCUT2D eigenvalue weighted by Gasteiger charge is 2.73. The molecule has 2 aromatic rings. The molecule has 1 atom stereocenters. The van der Waals surface area contributed by atoms with E-state index in [9.17, 15) is 18.4 Å². The summed E-state index contributed by atoms with van der Waals surface area (Å²) < 4.78 is 31.3. The maximum Gasteiger partial charge on any atom is 0.439 e. The Morgan fingerprint density at radius 1 is 1.38 bits per heavy atom. The number of H-pyrrole nitrogens is 1. The van der Waals surface area contributed by atoms with Gasteiger partial charge >= 0.3 is 5.76 Å². The van der Waals surface area contributed by atoms with Crippen LogP contribution in [0.3, 0.4) is 0 Å². The smallest absolute Gasteiger partial charge is 0.349 e. The fraction of sp³-hybridized carbons (Fsp3) is 0.438. The van der Waals surface area contributed by atoms with E-state index in [1.165, 1.54) is 12.1 Å². The van der Waals surface area contributed by atoms with Crippen molar-refractivity contribution in [3.63, 3.8) is 0 Å². The summed E-state index contributed by atoms with van der Waals surface area (Å²) in [7, 11) is 0. The minimum absolute atomic E-state index is 0.151. The third kappa shape index (κ3) is 2.42. The number of carbonyl (C=O) groups excluding carboxylic acids is 1.